The molecule has 1 aliphatic heterocycles. The van der Waals surface area contributed by atoms with Crippen LogP contribution in [0.25, 0.3) is 23.0 Å². The molecule has 1 saturated heterocycles. The Hall–Kier alpha value is -3.77. The Labute approximate surface area is 196 Å². The van der Waals surface area contributed by atoms with Crippen LogP contribution < -0.4 is 27.0 Å². The molecule has 1 atom stereocenters. The maximum absolute atomic E-state index is 12.7. The second-order valence-electron chi connectivity index (χ2n) is 8.54. The Kier molecular flexibility index (Phi) is 5.03. The molecule has 2 fully saturated rings. The summed E-state index contributed by atoms with van der Waals surface area (Å²) in [6, 6.07) is 4.14. The second kappa shape index (κ2) is 8.22. The Morgan fingerprint density at radius 2 is 2.18 bits per heavy atom. The summed E-state index contributed by atoms with van der Waals surface area (Å²) in [4.78, 5) is 39.2. The van der Waals surface area contributed by atoms with E-state index in [2.05, 4.69) is 25.7 Å². The van der Waals surface area contributed by atoms with Crippen LogP contribution in [0.15, 0.2) is 33.5 Å². The highest BCUT2D eigenvalue weighted by atomic mass is 32.1. The lowest BCUT2D eigenvalue weighted by molar-refractivity contribution is 0.0944. The van der Waals surface area contributed by atoms with E-state index in [9.17, 15) is 14.7 Å². The molecule has 6 rings (SSSR count). The van der Waals surface area contributed by atoms with Crippen molar-refractivity contribution < 1.29 is 9.90 Å². The highest BCUT2D eigenvalue weighted by Gasteiger charge is 2.21. The van der Waals surface area contributed by atoms with Crippen LogP contribution >= 0.6 is 11.3 Å². The standard InChI is InChI=1S/C22H22N8O3S/c31-20-16(28-22(33)29-20)5-11-8-24-30-18(25-13-1-2-13)7-15(27-19(11)30)12-6-17(34-10-12)21(32)26-14-3-4-23-9-14/h5-8,10,13-14,23,31H,1-4,9H2,(H,26,32)(H2,28,29,33)/b11-5-,25-18?. The number of carbonyl (C=O) groups excluding carboxylic acids is 1. The van der Waals surface area contributed by atoms with Crippen molar-refractivity contribution in [3.05, 3.63) is 55.5 Å². The van der Waals surface area contributed by atoms with Gasteiger partial charge in [-0.05, 0) is 37.9 Å². The second-order valence-corrected chi connectivity index (χ2v) is 9.45. The molecule has 0 aromatic carbocycles. The largest absolute Gasteiger partial charge is 0.493 e. The molecule has 1 aliphatic carbocycles. The van der Waals surface area contributed by atoms with Crippen molar-refractivity contribution in [3.8, 4) is 17.1 Å². The predicted molar refractivity (Wildman–Crippen MR) is 125 cm³/mol. The lowest BCUT2D eigenvalue weighted by Crippen LogP contribution is -2.35. The van der Waals surface area contributed by atoms with Crippen LogP contribution in [0, 0.1) is 0 Å². The molecule has 0 spiro atoms. The zero-order valence-corrected chi connectivity index (χ0v) is 18.9. The molecule has 34 heavy (non-hydrogen) atoms. The number of rotatable bonds is 5. The number of fused-ring (bicyclic) bond motifs is 1. The third kappa shape index (κ3) is 4.01. The fourth-order valence-electron chi connectivity index (χ4n) is 3.97. The SMILES string of the molecule is O=C(NC1CCNC1)c1cc(-c2cc(=NC3CC3)n3nc/c(=C/c4[nH]c(=O)[nH]c4O)c3n2)cs1. The summed E-state index contributed by atoms with van der Waals surface area (Å²) in [6.07, 6.45) is 6.23. The van der Waals surface area contributed by atoms with Crippen molar-refractivity contribution in [2.45, 2.75) is 31.3 Å². The lowest BCUT2D eigenvalue weighted by Gasteiger charge is -2.09. The molecule has 4 aromatic heterocycles. The van der Waals surface area contributed by atoms with Crippen molar-refractivity contribution in [2.24, 2.45) is 4.99 Å². The highest BCUT2D eigenvalue weighted by molar-refractivity contribution is 7.12. The van der Waals surface area contributed by atoms with E-state index in [0.717, 1.165) is 37.9 Å². The summed E-state index contributed by atoms with van der Waals surface area (Å²) >= 11 is 1.38. The van der Waals surface area contributed by atoms with Gasteiger partial charge in [-0.3, -0.25) is 14.8 Å². The topological polar surface area (TPSA) is 153 Å². The maximum Gasteiger partial charge on any atom is 0.326 e. The molecule has 5 N–H and O–H groups in total. The Morgan fingerprint density at radius 1 is 1.29 bits per heavy atom. The average Bonchev–Trinajstić information content (AvgIpc) is 3.24. The fourth-order valence-corrected chi connectivity index (χ4v) is 4.77. The van der Waals surface area contributed by atoms with Crippen molar-refractivity contribution >= 4 is 29.0 Å². The first-order valence-electron chi connectivity index (χ1n) is 11.1. The van der Waals surface area contributed by atoms with Gasteiger partial charge < -0.3 is 20.7 Å². The molecule has 1 unspecified atom stereocenters. The van der Waals surface area contributed by atoms with Gasteiger partial charge in [0.2, 0.25) is 5.88 Å². The van der Waals surface area contributed by atoms with Crippen LogP contribution in [-0.4, -0.2) is 60.8 Å². The van der Waals surface area contributed by atoms with Crippen molar-refractivity contribution in [1.29, 1.82) is 0 Å². The fraction of sp³-hybridized carbons (Fsp3) is 0.318. The van der Waals surface area contributed by atoms with Gasteiger partial charge in [-0.15, -0.1) is 11.3 Å². The van der Waals surface area contributed by atoms with Crippen LogP contribution in [0.3, 0.4) is 0 Å². The van der Waals surface area contributed by atoms with Crippen LogP contribution in [0.1, 0.15) is 34.6 Å². The lowest BCUT2D eigenvalue weighted by atomic mass is 10.2. The molecule has 5 heterocycles. The highest BCUT2D eigenvalue weighted by Crippen LogP contribution is 2.25. The molecule has 12 heteroatoms. The zero-order chi connectivity index (χ0) is 23.2. The molecule has 2 aliphatic rings. The van der Waals surface area contributed by atoms with Crippen LogP contribution in [0.2, 0.25) is 0 Å². The molecule has 174 valence electrons. The monoisotopic (exact) mass is 478 g/mol. The van der Waals surface area contributed by atoms with Gasteiger partial charge in [0, 0.05) is 34.8 Å². The van der Waals surface area contributed by atoms with Gasteiger partial charge in [-0.2, -0.15) is 9.61 Å². The van der Waals surface area contributed by atoms with E-state index in [1.54, 1.807) is 16.8 Å². The minimum atomic E-state index is -0.504. The van der Waals surface area contributed by atoms with Crippen LogP contribution in [0.4, 0.5) is 0 Å². The number of thiophene rings is 1. The smallest absolute Gasteiger partial charge is 0.326 e. The number of nitrogens with one attached hydrogen (secondary N) is 4. The van der Waals surface area contributed by atoms with Crippen LogP contribution in [-0.2, 0) is 0 Å². The van der Waals surface area contributed by atoms with Crippen molar-refractivity contribution in [2.75, 3.05) is 13.1 Å². The van der Waals surface area contributed by atoms with E-state index < -0.39 is 5.69 Å². The van der Waals surface area contributed by atoms with E-state index in [1.807, 2.05) is 17.5 Å². The third-order valence-electron chi connectivity index (χ3n) is 5.89. The first-order valence-corrected chi connectivity index (χ1v) is 12.0. The Balaban J connectivity index is 1.43. The number of aromatic amines is 2. The van der Waals surface area contributed by atoms with Gasteiger partial charge in [0.05, 0.1) is 22.8 Å². The van der Waals surface area contributed by atoms with Gasteiger partial charge in [-0.25, -0.2) is 9.78 Å². The average molecular weight is 479 g/mol. The molecule has 1 amide bonds. The Bertz CT molecular complexity index is 1570. The first kappa shape index (κ1) is 20.8. The van der Waals surface area contributed by atoms with E-state index in [0.29, 0.717) is 26.9 Å². The Morgan fingerprint density at radius 3 is 2.91 bits per heavy atom. The van der Waals surface area contributed by atoms with Crippen molar-refractivity contribution in [3.63, 3.8) is 0 Å². The number of imidazole rings is 1. The molecule has 0 radical (unpaired) electrons. The summed E-state index contributed by atoms with van der Waals surface area (Å²) in [5.41, 5.74) is 2.43. The summed E-state index contributed by atoms with van der Waals surface area (Å²) in [5.74, 6) is -0.339. The third-order valence-corrected chi connectivity index (χ3v) is 6.82. The normalized spacial score (nSPS) is 19.4. The van der Waals surface area contributed by atoms with Gasteiger partial charge in [0.15, 0.2) is 11.1 Å². The summed E-state index contributed by atoms with van der Waals surface area (Å²) in [5, 5.41) is 23.2. The summed E-state index contributed by atoms with van der Waals surface area (Å²) in [7, 11) is 0. The summed E-state index contributed by atoms with van der Waals surface area (Å²) < 4.78 is 1.66. The molecule has 1 saturated carbocycles. The number of hydrogen-bond donors (Lipinski definition) is 5. The van der Waals surface area contributed by atoms with E-state index in [4.69, 9.17) is 9.98 Å². The molecule has 4 aromatic rings. The number of hydrogen-bond acceptors (Lipinski definition) is 8. The maximum atomic E-state index is 12.7. The number of amides is 1. The molecular formula is C22H22N8O3S. The van der Waals surface area contributed by atoms with Gasteiger partial charge in [0.25, 0.3) is 5.91 Å². The zero-order valence-electron chi connectivity index (χ0n) is 18.0. The quantitative estimate of drug-likeness (QED) is 0.270. The minimum absolute atomic E-state index is 0.0841. The predicted octanol–water partition coefficient (Wildman–Crippen LogP) is -0.118. The minimum Gasteiger partial charge on any atom is -0.493 e. The van der Waals surface area contributed by atoms with Crippen LogP contribution in [0.5, 0.6) is 5.88 Å². The number of aromatic hydroxyl groups is 1. The van der Waals surface area contributed by atoms with Gasteiger partial charge >= 0.3 is 5.69 Å². The number of H-pyrrole nitrogens is 2. The number of carbonyl (C=O) groups is 1. The van der Waals surface area contributed by atoms with Gasteiger partial charge in [0.1, 0.15) is 5.69 Å². The van der Waals surface area contributed by atoms with E-state index in [-0.39, 0.29) is 29.6 Å². The molecule has 11 nitrogen and oxygen atoms in total. The number of aromatic nitrogens is 5. The molecular weight excluding hydrogens is 456 g/mol. The van der Waals surface area contributed by atoms with Crippen molar-refractivity contribution in [1.82, 2.24) is 35.2 Å². The number of nitrogens with zero attached hydrogens (tertiary/aromatic N) is 4. The van der Waals surface area contributed by atoms with E-state index >= 15 is 0 Å². The van der Waals surface area contributed by atoms with E-state index in [1.165, 1.54) is 11.3 Å². The van der Waals surface area contributed by atoms with Gasteiger partial charge in [-0.1, -0.05) is 0 Å². The molecule has 0 bridgehead atoms. The summed E-state index contributed by atoms with van der Waals surface area (Å²) in [6.45, 7) is 1.70. The first-order chi connectivity index (χ1) is 16.5.